The maximum absolute atomic E-state index is 5.91. The van der Waals surface area contributed by atoms with Gasteiger partial charge in [-0.3, -0.25) is 9.97 Å². The molecule has 12 aromatic rings. The van der Waals surface area contributed by atoms with Gasteiger partial charge in [0.15, 0.2) is 0 Å². The van der Waals surface area contributed by atoms with Crippen molar-refractivity contribution in [1.29, 1.82) is 0 Å². The predicted molar refractivity (Wildman–Crippen MR) is 283 cm³/mol. The van der Waals surface area contributed by atoms with E-state index in [0.29, 0.717) is 11.8 Å². The number of benzene rings is 8. The fourth-order valence-electron chi connectivity index (χ4n) is 11.7. The molecule has 4 aromatic heterocycles. The van der Waals surface area contributed by atoms with E-state index in [1.54, 1.807) is 0 Å². The average molecular weight is 887 g/mol. The number of anilines is 6. The zero-order valence-electron chi connectivity index (χ0n) is 36.6. The Hall–Kier alpha value is -6.86. The summed E-state index contributed by atoms with van der Waals surface area (Å²) in [4.78, 5) is 16.7. The van der Waals surface area contributed by atoms with Gasteiger partial charge in [-0.1, -0.05) is 111 Å². The molecule has 0 radical (unpaired) electrons. The Morgan fingerprint density at radius 3 is 1.17 bits per heavy atom. The van der Waals surface area contributed by atoms with Gasteiger partial charge in [-0.2, -0.15) is 0 Å². The standard InChI is InChI=1S/C60H46N4S2/c1-3-19-39(20-4-1)63(41-27-29-47-45-23-11-13-25-53(45)65-55(47)35-41)43-31-49-57-51(33-43)61-60(38-17-9-10-18-38)50-32-44(34-52(58(50)57)62-59(49)37-15-7-8-16-37)64(40-21-5-2-6-22-40)42-28-30-48-46-24-12-14-26-54(46)66-56(48)36-42/h1-6,11-14,19-38H,7-10,15-18H2. The molecule has 0 aliphatic heterocycles. The highest BCUT2D eigenvalue weighted by atomic mass is 32.1. The Morgan fingerprint density at radius 2 is 0.727 bits per heavy atom. The average Bonchev–Trinajstić information content (AvgIpc) is 4.21. The maximum Gasteiger partial charge on any atom is 0.0740 e. The molecule has 2 aliphatic carbocycles. The van der Waals surface area contributed by atoms with Gasteiger partial charge in [-0.25, -0.2) is 0 Å². The van der Waals surface area contributed by atoms with Crippen LogP contribution in [0, 0.1) is 0 Å². The molecule has 8 aromatic carbocycles. The fourth-order valence-corrected chi connectivity index (χ4v) is 14.0. The Bertz CT molecular complexity index is 3550. The Labute approximate surface area is 391 Å². The van der Waals surface area contributed by atoms with Crippen molar-refractivity contribution < 1.29 is 0 Å². The van der Waals surface area contributed by atoms with Crippen molar-refractivity contribution in [2.75, 3.05) is 9.80 Å². The molecular formula is C60H46N4S2. The van der Waals surface area contributed by atoms with Gasteiger partial charge in [-0.15, -0.1) is 22.7 Å². The lowest BCUT2D eigenvalue weighted by atomic mass is 9.89. The molecule has 0 saturated heterocycles. The van der Waals surface area contributed by atoms with Crippen LogP contribution < -0.4 is 9.80 Å². The summed E-state index contributed by atoms with van der Waals surface area (Å²) >= 11 is 3.75. The number of aromatic nitrogens is 2. The van der Waals surface area contributed by atoms with Crippen molar-refractivity contribution in [3.8, 4) is 0 Å². The summed E-state index contributed by atoms with van der Waals surface area (Å²) in [5.74, 6) is 0.788. The smallest absolute Gasteiger partial charge is 0.0740 e. The summed E-state index contributed by atoms with van der Waals surface area (Å²) in [7, 11) is 0. The quantitative estimate of drug-likeness (QED) is 0.142. The summed E-state index contributed by atoms with van der Waals surface area (Å²) in [5, 5.41) is 10.3. The molecular weight excluding hydrogens is 841 g/mol. The van der Waals surface area contributed by atoms with Gasteiger partial charge in [0, 0.05) is 108 Å². The third-order valence-corrected chi connectivity index (χ3v) is 17.0. The summed E-state index contributed by atoms with van der Waals surface area (Å²) < 4.78 is 5.24. The molecule has 14 rings (SSSR count). The van der Waals surface area contributed by atoms with Crippen LogP contribution in [-0.4, -0.2) is 9.97 Å². The molecule has 0 bridgehead atoms. The van der Waals surface area contributed by atoms with Crippen LogP contribution in [0.1, 0.15) is 74.6 Å². The molecule has 6 heteroatoms. The first-order valence-electron chi connectivity index (χ1n) is 23.8. The zero-order valence-corrected chi connectivity index (χ0v) is 38.2. The first-order valence-corrected chi connectivity index (χ1v) is 25.4. The number of fused-ring (bicyclic) bond motifs is 6. The van der Waals surface area contributed by atoms with Crippen molar-refractivity contribution in [3.63, 3.8) is 0 Å². The van der Waals surface area contributed by atoms with Crippen LogP contribution in [0.2, 0.25) is 0 Å². The lowest BCUT2D eigenvalue weighted by Crippen LogP contribution is -2.12. The third-order valence-electron chi connectivity index (χ3n) is 14.8. The van der Waals surface area contributed by atoms with Gasteiger partial charge in [0.25, 0.3) is 0 Å². The summed E-state index contributed by atoms with van der Waals surface area (Å²) in [6.07, 6.45) is 9.59. The molecule has 0 spiro atoms. The van der Waals surface area contributed by atoms with Crippen LogP contribution in [0.4, 0.5) is 34.1 Å². The van der Waals surface area contributed by atoms with E-state index in [-0.39, 0.29) is 0 Å². The second-order valence-corrected chi connectivity index (χ2v) is 20.8. The highest BCUT2D eigenvalue weighted by Crippen LogP contribution is 2.50. The van der Waals surface area contributed by atoms with Gasteiger partial charge in [0.2, 0.25) is 0 Å². The zero-order chi connectivity index (χ0) is 43.3. The normalized spacial score (nSPS) is 15.0. The minimum atomic E-state index is 0.394. The Morgan fingerprint density at radius 1 is 0.333 bits per heavy atom. The molecule has 0 atom stereocenters. The summed E-state index contributed by atoms with van der Waals surface area (Å²) in [5.41, 5.74) is 11.5. The summed E-state index contributed by atoms with van der Waals surface area (Å²) in [6.45, 7) is 0. The van der Waals surface area contributed by atoms with Gasteiger partial charge in [0.1, 0.15) is 0 Å². The Kier molecular flexibility index (Phi) is 8.94. The molecule has 0 unspecified atom stereocenters. The highest BCUT2D eigenvalue weighted by molar-refractivity contribution is 7.26. The van der Waals surface area contributed by atoms with Crippen molar-refractivity contribution in [1.82, 2.24) is 9.97 Å². The van der Waals surface area contributed by atoms with Crippen LogP contribution >= 0.6 is 22.7 Å². The molecule has 2 saturated carbocycles. The second kappa shape index (κ2) is 15.4. The van der Waals surface area contributed by atoms with E-state index in [4.69, 9.17) is 9.97 Å². The molecule has 4 heterocycles. The number of hydrogen-bond donors (Lipinski definition) is 0. The molecule has 0 N–H and O–H groups in total. The van der Waals surface area contributed by atoms with Crippen LogP contribution in [0.3, 0.4) is 0 Å². The van der Waals surface area contributed by atoms with Crippen molar-refractivity contribution in [2.24, 2.45) is 0 Å². The van der Waals surface area contributed by atoms with Gasteiger partial charge in [-0.05, 0) is 111 Å². The first kappa shape index (κ1) is 38.4. The SMILES string of the molecule is c1ccc(N(c2ccc3c(c2)sc2ccccc23)c2cc3nc(C4CCCC4)c4cc(N(c5ccccc5)c5ccc6c(c5)sc5ccccc56)cc5nc(C6CCCC6)c(c2)c3c54)cc1. The number of rotatable bonds is 8. The monoisotopic (exact) mass is 886 g/mol. The molecule has 2 aliphatic rings. The molecule has 0 amide bonds. The summed E-state index contributed by atoms with van der Waals surface area (Å²) in [6, 6.07) is 63.2. The van der Waals surface area contributed by atoms with Crippen molar-refractivity contribution >= 4 is 130 Å². The number of para-hydroxylation sites is 2. The number of pyridine rings is 2. The fraction of sp³-hybridized carbons (Fsp3) is 0.167. The van der Waals surface area contributed by atoms with Crippen molar-refractivity contribution in [2.45, 2.75) is 63.2 Å². The van der Waals surface area contributed by atoms with E-state index in [1.807, 2.05) is 22.7 Å². The maximum atomic E-state index is 5.91. The highest BCUT2D eigenvalue weighted by Gasteiger charge is 2.30. The number of thiophene rings is 2. The minimum Gasteiger partial charge on any atom is -0.310 e. The van der Waals surface area contributed by atoms with Gasteiger partial charge in [0.05, 0.1) is 22.4 Å². The first-order chi connectivity index (χ1) is 32.7. The predicted octanol–water partition coefficient (Wildman–Crippen LogP) is 18.4. The molecule has 4 nitrogen and oxygen atoms in total. The van der Waals surface area contributed by atoms with E-state index in [2.05, 4.69) is 180 Å². The van der Waals surface area contributed by atoms with E-state index < -0.39 is 0 Å². The third kappa shape index (κ3) is 6.15. The number of nitrogens with zero attached hydrogens (tertiary/aromatic N) is 4. The van der Waals surface area contributed by atoms with Crippen LogP contribution in [0.25, 0.3) is 72.9 Å². The largest absolute Gasteiger partial charge is 0.310 e. The van der Waals surface area contributed by atoms with Crippen LogP contribution in [0.15, 0.2) is 170 Å². The topological polar surface area (TPSA) is 32.3 Å². The Balaban J connectivity index is 1.03. The minimum absolute atomic E-state index is 0.394. The molecule has 66 heavy (non-hydrogen) atoms. The van der Waals surface area contributed by atoms with Gasteiger partial charge >= 0.3 is 0 Å². The second-order valence-electron chi connectivity index (χ2n) is 18.6. The molecule has 318 valence electrons. The lowest BCUT2D eigenvalue weighted by molar-refractivity contribution is 0.706. The van der Waals surface area contributed by atoms with E-state index in [0.717, 1.165) is 70.8 Å². The van der Waals surface area contributed by atoms with Crippen LogP contribution in [0.5, 0.6) is 0 Å². The van der Waals surface area contributed by atoms with E-state index >= 15 is 0 Å². The lowest BCUT2D eigenvalue weighted by Gasteiger charge is -2.29. The molecule has 2 fully saturated rings. The van der Waals surface area contributed by atoms with E-state index in [9.17, 15) is 0 Å². The number of hydrogen-bond acceptors (Lipinski definition) is 6. The van der Waals surface area contributed by atoms with E-state index in [1.165, 1.54) is 99.0 Å². The van der Waals surface area contributed by atoms with Crippen LogP contribution in [-0.2, 0) is 0 Å². The van der Waals surface area contributed by atoms with Crippen molar-refractivity contribution in [3.05, 3.63) is 181 Å². The van der Waals surface area contributed by atoms with Gasteiger partial charge < -0.3 is 9.80 Å².